The molecule has 3 aliphatic heterocycles. The lowest BCUT2D eigenvalue weighted by molar-refractivity contribution is -0.160. The van der Waals surface area contributed by atoms with Crippen LogP contribution in [-0.2, 0) is 28.7 Å². The number of nitrogens with one attached hydrogen (secondary N) is 1. The van der Waals surface area contributed by atoms with E-state index in [0.29, 0.717) is 38.8 Å². The van der Waals surface area contributed by atoms with Crippen molar-refractivity contribution in [2.24, 2.45) is 5.92 Å². The first-order valence-electron chi connectivity index (χ1n) is 11.9. The summed E-state index contributed by atoms with van der Waals surface area (Å²) in [6.45, 7) is 7.82. The lowest BCUT2D eigenvalue weighted by Gasteiger charge is -2.34. The highest BCUT2D eigenvalue weighted by molar-refractivity contribution is 5.95. The van der Waals surface area contributed by atoms with Gasteiger partial charge in [0.05, 0.1) is 6.42 Å². The van der Waals surface area contributed by atoms with Gasteiger partial charge in [0.1, 0.15) is 30.3 Å². The number of ether oxygens (including phenoxy) is 1. The van der Waals surface area contributed by atoms with E-state index in [2.05, 4.69) is 5.32 Å². The predicted molar refractivity (Wildman–Crippen MR) is 119 cm³/mol. The summed E-state index contributed by atoms with van der Waals surface area (Å²) in [6.07, 6.45) is 1.32. The fourth-order valence-electron chi connectivity index (χ4n) is 5.16. The van der Waals surface area contributed by atoms with Crippen molar-refractivity contribution in [2.45, 2.75) is 90.1 Å². The minimum Gasteiger partial charge on any atom is -0.461 e. The van der Waals surface area contributed by atoms with Gasteiger partial charge < -0.3 is 24.8 Å². The van der Waals surface area contributed by atoms with Crippen molar-refractivity contribution in [1.82, 2.24) is 20.0 Å². The number of nitrogens with zero attached hydrogens (tertiary/aromatic N) is 3. The molecular weight excluding hydrogens is 428 g/mol. The minimum absolute atomic E-state index is 0.0381. The molecule has 3 fully saturated rings. The number of cyclic esters (lactones) is 1. The summed E-state index contributed by atoms with van der Waals surface area (Å²) in [5.41, 5.74) is 0. The summed E-state index contributed by atoms with van der Waals surface area (Å²) in [7, 11) is 1.56. The van der Waals surface area contributed by atoms with Gasteiger partial charge in [0.2, 0.25) is 23.6 Å². The minimum atomic E-state index is -0.856. The van der Waals surface area contributed by atoms with Crippen LogP contribution < -0.4 is 5.32 Å². The zero-order valence-electron chi connectivity index (χ0n) is 20.2. The SMILES string of the molecule is CC[C@H]1C(=O)N[C@@H](C)C(=O)N2C[C@H](C)C[C@H]2C(=O)O[C@@H](C)CC(=O)N2CCC[C@H]2C(=O)N1C. The first-order chi connectivity index (χ1) is 15.5. The van der Waals surface area contributed by atoms with E-state index in [1.165, 1.54) is 14.7 Å². The Morgan fingerprint density at radius 3 is 2.36 bits per heavy atom. The monoisotopic (exact) mass is 464 g/mol. The Balaban J connectivity index is 1.92. The number of fused-ring (bicyclic) bond motifs is 2. The smallest absolute Gasteiger partial charge is 0.329 e. The Labute approximate surface area is 195 Å². The predicted octanol–water partition coefficient (Wildman–Crippen LogP) is 0.292. The number of carbonyl (C=O) groups excluding carboxylic acids is 5. The third-order valence-corrected chi connectivity index (χ3v) is 6.94. The summed E-state index contributed by atoms with van der Waals surface area (Å²) in [6, 6.07) is -3.02. The molecule has 3 saturated heterocycles. The quantitative estimate of drug-likeness (QED) is 0.558. The number of rotatable bonds is 1. The molecule has 3 heterocycles. The Morgan fingerprint density at radius 1 is 1.00 bits per heavy atom. The van der Waals surface area contributed by atoms with E-state index in [0.717, 1.165) is 0 Å². The Kier molecular flexibility index (Phi) is 7.64. The third-order valence-electron chi connectivity index (χ3n) is 6.94. The van der Waals surface area contributed by atoms with Gasteiger partial charge in [0, 0.05) is 20.1 Å². The van der Waals surface area contributed by atoms with Gasteiger partial charge in [-0.15, -0.1) is 0 Å². The number of hydrogen-bond acceptors (Lipinski definition) is 6. The molecule has 0 unspecified atom stereocenters. The molecule has 184 valence electrons. The highest BCUT2D eigenvalue weighted by Gasteiger charge is 2.43. The van der Waals surface area contributed by atoms with Gasteiger partial charge in [-0.2, -0.15) is 0 Å². The van der Waals surface area contributed by atoms with E-state index in [1.807, 2.05) is 6.92 Å². The second-order valence-corrected chi connectivity index (χ2v) is 9.65. The molecule has 10 nitrogen and oxygen atoms in total. The number of esters is 1. The highest BCUT2D eigenvalue weighted by atomic mass is 16.5. The van der Waals surface area contributed by atoms with Crippen LogP contribution in [-0.4, -0.2) is 94.7 Å². The molecule has 4 amide bonds. The molecule has 0 aromatic carbocycles. The molecule has 3 aliphatic rings. The van der Waals surface area contributed by atoms with E-state index in [-0.39, 0.29) is 30.1 Å². The number of carbonyl (C=O) groups is 5. The van der Waals surface area contributed by atoms with Gasteiger partial charge in [-0.05, 0) is 45.4 Å². The van der Waals surface area contributed by atoms with E-state index in [9.17, 15) is 24.0 Å². The van der Waals surface area contributed by atoms with E-state index >= 15 is 0 Å². The van der Waals surface area contributed by atoms with Crippen molar-refractivity contribution in [2.75, 3.05) is 20.1 Å². The first-order valence-corrected chi connectivity index (χ1v) is 11.9. The van der Waals surface area contributed by atoms with Crippen molar-refractivity contribution < 1.29 is 28.7 Å². The van der Waals surface area contributed by atoms with Gasteiger partial charge >= 0.3 is 5.97 Å². The molecule has 6 atom stereocenters. The molecule has 3 rings (SSSR count). The van der Waals surface area contributed by atoms with E-state index in [4.69, 9.17) is 4.74 Å². The van der Waals surface area contributed by atoms with Crippen LogP contribution in [0.3, 0.4) is 0 Å². The second kappa shape index (κ2) is 10.1. The Morgan fingerprint density at radius 2 is 1.70 bits per heavy atom. The summed E-state index contributed by atoms with van der Waals surface area (Å²) < 4.78 is 5.56. The zero-order valence-corrected chi connectivity index (χ0v) is 20.2. The van der Waals surface area contributed by atoms with Crippen LogP contribution in [0, 0.1) is 5.92 Å². The lowest BCUT2D eigenvalue weighted by atomic mass is 10.1. The normalized spacial score (nSPS) is 34.8. The van der Waals surface area contributed by atoms with Crippen LogP contribution in [0.15, 0.2) is 0 Å². The van der Waals surface area contributed by atoms with Gasteiger partial charge in [0.25, 0.3) is 0 Å². The van der Waals surface area contributed by atoms with Crippen LogP contribution >= 0.6 is 0 Å². The molecule has 0 radical (unpaired) electrons. The third kappa shape index (κ3) is 5.14. The highest BCUT2D eigenvalue weighted by Crippen LogP contribution is 2.26. The number of hydrogen-bond donors (Lipinski definition) is 1. The fourth-order valence-corrected chi connectivity index (χ4v) is 5.16. The molecule has 0 spiro atoms. The van der Waals surface area contributed by atoms with Crippen LogP contribution in [0.25, 0.3) is 0 Å². The summed E-state index contributed by atoms with van der Waals surface area (Å²) in [4.78, 5) is 69.7. The average Bonchev–Trinajstić information content (AvgIpc) is 3.39. The summed E-state index contributed by atoms with van der Waals surface area (Å²) in [5.74, 6) is -1.80. The van der Waals surface area contributed by atoms with Gasteiger partial charge in [-0.3, -0.25) is 19.2 Å². The molecule has 0 aromatic heterocycles. The van der Waals surface area contributed by atoms with Crippen LogP contribution in [0.2, 0.25) is 0 Å². The molecule has 1 N–H and O–H groups in total. The molecule has 0 aliphatic carbocycles. The van der Waals surface area contributed by atoms with Crippen molar-refractivity contribution in [3.63, 3.8) is 0 Å². The fraction of sp³-hybridized carbons (Fsp3) is 0.783. The van der Waals surface area contributed by atoms with Crippen molar-refractivity contribution in [3.8, 4) is 0 Å². The lowest BCUT2D eigenvalue weighted by Crippen LogP contribution is -2.57. The Bertz CT molecular complexity index is 817. The summed E-state index contributed by atoms with van der Waals surface area (Å²) in [5, 5.41) is 2.73. The van der Waals surface area contributed by atoms with Crippen LogP contribution in [0.4, 0.5) is 0 Å². The first kappa shape index (κ1) is 25.0. The van der Waals surface area contributed by atoms with E-state index in [1.54, 1.807) is 27.8 Å². The molecule has 0 bridgehead atoms. The standard InChI is InChI=1S/C23H36N4O6/c1-6-16-20(29)24-15(4)21(30)27-12-13(2)10-18(27)23(32)33-14(3)11-19(28)26-9-7-8-17(26)22(31)25(16)5/h13-18H,6-12H2,1-5H3,(H,24,29)/t13-,14+,15+,16+,17+,18+/m1/s1. The largest absolute Gasteiger partial charge is 0.461 e. The zero-order chi connectivity index (χ0) is 24.4. The maximum absolute atomic E-state index is 13.2. The topological polar surface area (TPSA) is 116 Å². The van der Waals surface area contributed by atoms with Gasteiger partial charge in [-0.1, -0.05) is 13.8 Å². The van der Waals surface area contributed by atoms with Crippen molar-refractivity contribution >= 4 is 29.6 Å². The van der Waals surface area contributed by atoms with E-state index < -0.39 is 42.1 Å². The van der Waals surface area contributed by atoms with Gasteiger partial charge in [0.15, 0.2) is 0 Å². The number of amides is 4. The van der Waals surface area contributed by atoms with Gasteiger partial charge in [-0.25, -0.2) is 4.79 Å². The molecular formula is C23H36N4O6. The number of likely N-dealkylation sites (N-methyl/N-ethyl adjacent to an activating group) is 1. The molecule has 10 heteroatoms. The average molecular weight is 465 g/mol. The van der Waals surface area contributed by atoms with Crippen molar-refractivity contribution in [1.29, 1.82) is 0 Å². The second-order valence-electron chi connectivity index (χ2n) is 9.65. The molecule has 33 heavy (non-hydrogen) atoms. The molecule has 0 saturated carbocycles. The summed E-state index contributed by atoms with van der Waals surface area (Å²) >= 11 is 0. The Hall–Kier alpha value is -2.65. The van der Waals surface area contributed by atoms with Crippen LogP contribution in [0.1, 0.15) is 59.8 Å². The van der Waals surface area contributed by atoms with Crippen LogP contribution in [0.5, 0.6) is 0 Å². The maximum Gasteiger partial charge on any atom is 0.329 e. The van der Waals surface area contributed by atoms with Crippen molar-refractivity contribution in [3.05, 3.63) is 0 Å². The molecule has 0 aromatic rings. The maximum atomic E-state index is 13.2.